The number of rotatable bonds is 11. The Morgan fingerprint density at radius 3 is 2.55 bits per heavy atom. The number of aliphatic hydroxyl groups is 1. The van der Waals surface area contributed by atoms with Crippen molar-refractivity contribution in [1.29, 1.82) is 0 Å². The van der Waals surface area contributed by atoms with Gasteiger partial charge in [0.25, 0.3) is 5.56 Å². The lowest BCUT2D eigenvalue weighted by atomic mass is 10.1. The number of ether oxygens (including phenoxy) is 1. The zero-order chi connectivity index (χ0) is 28.4. The van der Waals surface area contributed by atoms with Crippen LogP contribution in [-0.2, 0) is 29.5 Å². The Morgan fingerprint density at radius 1 is 1.12 bits per heavy atom. The molecule has 0 radical (unpaired) electrons. The Morgan fingerprint density at radius 2 is 1.93 bits per heavy atom. The first-order chi connectivity index (χ1) is 19.3. The number of nitrogens with one attached hydrogen (secondary N) is 1. The molecule has 210 valence electrons. The van der Waals surface area contributed by atoms with Crippen LogP contribution in [0.25, 0.3) is 22.6 Å². The maximum Gasteiger partial charge on any atom is 0.294 e. The summed E-state index contributed by atoms with van der Waals surface area (Å²) in [4.78, 5) is 40.4. The molecular weight excluding hydrogens is 536 g/mol. The van der Waals surface area contributed by atoms with Crippen LogP contribution < -0.4 is 15.6 Å². The largest absolute Gasteiger partial charge is 0.480 e. The van der Waals surface area contributed by atoms with Gasteiger partial charge < -0.3 is 15.2 Å². The molecule has 0 unspecified atom stereocenters. The Bertz CT molecular complexity index is 1720. The molecule has 0 bridgehead atoms. The van der Waals surface area contributed by atoms with Gasteiger partial charge in [0, 0.05) is 18.7 Å². The van der Waals surface area contributed by atoms with Crippen molar-refractivity contribution in [2.45, 2.75) is 63.6 Å². The van der Waals surface area contributed by atoms with E-state index in [4.69, 9.17) is 9.72 Å². The quantitative estimate of drug-likeness (QED) is 0.271. The summed E-state index contributed by atoms with van der Waals surface area (Å²) >= 11 is 0. The third kappa shape index (κ3) is 5.23. The topological polar surface area (TPSA) is 175 Å². The highest BCUT2D eigenvalue weighted by Gasteiger charge is 2.32. The first-order valence-electron chi connectivity index (χ1n) is 13.0. The number of aryl methyl sites for hydroxylation is 1. The molecule has 0 aromatic carbocycles. The molecule has 4 heterocycles. The molecule has 4 aromatic rings. The lowest BCUT2D eigenvalue weighted by Gasteiger charge is -2.16. The molecule has 0 spiro atoms. The Kier molecular flexibility index (Phi) is 7.72. The van der Waals surface area contributed by atoms with Gasteiger partial charge in [-0.05, 0) is 31.4 Å². The van der Waals surface area contributed by atoms with Crippen molar-refractivity contribution in [3.05, 3.63) is 52.1 Å². The van der Waals surface area contributed by atoms with Crippen molar-refractivity contribution < 1.29 is 18.3 Å². The summed E-state index contributed by atoms with van der Waals surface area (Å²) < 4.78 is 31.1. The summed E-state index contributed by atoms with van der Waals surface area (Å²) in [5, 5.41) is 13.3. The molecular formula is C26H30N8O5S. The number of hydrogen-bond acceptors (Lipinski definition) is 12. The monoisotopic (exact) mass is 566 g/mol. The summed E-state index contributed by atoms with van der Waals surface area (Å²) in [6, 6.07) is 3.07. The van der Waals surface area contributed by atoms with Crippen LogP contribution in [0, 0.1) is 0 Å². The number of sulfone groups is 1. The van der Waals surface area contributed by atoms with E-state index in [0.717, 1.165) is 18.5 Å². The lowest BCUT2D eigenvalue weighted by Crippen LogP contribution is -2.27. The van der Waals surface area contributed by atoms with Crippen molar-refractivity contribution in [1.82, 2.24) is 34.5 Å². The van der Waals surface area contributed by atoms with Gasteiger partial charge in [-0.15, -0.1) is 0 Å². The fourth-order valence-electron chi connectivity index (χ4n) is 4.40. The van der Waals surface area contributed by atoms with Crippen LogP contribution in [0.15, 0.2) is 34.3 Å². The summed E-state index contributed by atoms with van der Waals surface area (Å²) in [7, 11) is -1.86. The van der Waals surface area contributed by atoms with Crippen LogP contribution in [-0.4, -0.2) is 60.9 Å². The molecule has 0 amide bonds. The molecule has 14 heteroatoms. The van der Waals surface area contributed by atoms with E-state index in [1.54, 1.807) is 13.0 Å². The molecule has 1 aliphatic carbocycles. The molecule has 1 saturated carbocycles. The number of methoxy groups -OCH3 is 1. The summed E-state index contributed by atoms with van der Waals surface area (Å²) in [6.07, 6.45) is 5.36. The van der Waals surface area contributed by atoms with Gasteiger partial charge in [0.2, 0.25) is 5.88 Å². The molecule has 4 aromatic heterocycles. The van der Waals surface area contributed by atoms with E-state index in [2.05, 4.69) is 30.2 Å². The first-order valence-corrected chi connectivity index (χ1v) is 14.7. The van der Waals surface area contributed by atoms with Crippen molar-refractivity contribution >= 4 is 26.8 Å². The van der Waals surface area contributed by atoms with E-state index < -0.39 is 22.0 Å². The highest BCUT2D eigenvalue weighted by Crippen LogP contribution is 2.45. The highest BCUT2D eigenvalue weighted by molar-refractivity contribution is 7.91. The second-order valence-corrected chi connectivity index (χ2v) is 11.7. The van der Waals surface area contributed by atoms with Gasteiger partial charge in [-0.3, -0.25) is 14.3 Å². The minimum Gasteiger partial charge on any atom is -0.480 e. The van der Waals surface area contributed by atoms with E-state index in [9.17, 15) is 18.3 Å². The Balaban J connectivity index is 1.58. The molecule has 40 heavy (non-hydrogen) atoms. The van der Waals surface area contributed by atoms with Gasteiger partial charge in [0.05, 0.1) is 48.0 Å². The van der Waals surface area contributed by atoms with E-state index in [1.165, 1.54) is 30.3 Å². The second-order valence-electron chi connectivity index (χ2n) is 9.40. The zero-order valence-electron chi connectivity index (χ0n) is 22.5. The van der Waals surface area contributed by atoms with Crippen LogP contribution >= 0.6 is 0 Å². The van der Waals surface area contributed by atoms with Crippen LogP contribution in [0.1, 0.15) is 56.1 Å². The van der Waals surface area contributed by atoms with E-state index in [-0.39, 0.29) is 51.6 Å². The molecule has 5 rings (SSSR count). The molecule has 1 fully saturated rings. The van der Waals surface area contributed by atoms with Gasteiger partial charge in [-0.2, -0.15) is 0 Å². The maximum absolute atomic E-state index is 13.5. The standard InChI is InChI=1S/C26H30N8O5S/c1-4-10-34-24-21(32-23(26(34)36)28-11-16-8-9-17(12-27-16)40(37,38)5-2)18(13-35)31-22(33-24)19-20(15-6-7-15)29-14-30-25(19)39-3/h8-9,12,14-15,35H,4-7,10-11,13H2,1-3H3,(H,28,32). The number of anilines is 1. The number of pyridine rings is 1. The molecule has 0 saturated heterocycles. The predicted octanol–water partition coefficient (Wildman–Crippen LogP) is 2.23. The van der Waals surface area contributed by atoms with Crippen LogP contribution in [0.3, 0.4) is 0 Å². The first kappa shape index (κ1) is 27.5. The minimum absolute atomic E-state index is 0.0206. The van der Waals surface area contributed by atoms with Crippen LogP contribution in [0.2, 0.25) is 0 Å². The van der Waals surface area contributed by atoms with Crippen molar-refractivity contribution in [3.8, 4) is 17.3 Å². The van der Waals surface area contributed by atoms with Crippen molar-refractivity contribution in [2.24, 2.45) is 0 Å². The average molecular weight is 567 g/mol. The number of fused-ring (bicyclic) bond motifs is 1. The second kappa shape index (κ2) is 11.2. The smallest absolute Gasteiger partial charge is 0.294 e. The van der Waals surface area contributed by atoms with Gasteiger partial charge in [0.1, 0.15) is 17.4 Å². The van der Waals surface area contributed by atoms with Gasteiger partial charge in [0.15, 0.2) is 27.1 Å². The van der Waals surface area contributed by atoms with Crippen molar-refractivity contribution in [3.63, 3.8) is 0 Å². The minimum atomic E-state index is -3.37. The summed E-state index contributed by atoms with van der Waals surface area (Å²) in [5.74, 6) is 0.845. The average Bonchev–Trinajstić information content (AvgIpc) is 3.82. The number of aromatic nitrogens is 7. The predicted molar refractivity (Wildman–Crippen MR) is 147 cm³/mol. The molecule has 0 aliphatic heterocycles. The SMILES string of the molecule is CCCn1c(=O)c(NCc2ccc(S(=O)(=O)CC)cn2)nc2c(CO)nc(-c3c(OC)ncnc3C3CC3)nc21. The maximum atomic E-state index is 13.5. The van der Waals surface area contributed by atoms with Crippen LogP contribution in [0.5, 0.6) is 5.88 Å². The highest BCUT2D eigenvalue weighted by atomic mass is 32.2. The van der Waals surface area contributed by atoms with E-state index >= 15 is 0 Å². The molecule has 1 aliphatic rings. The van der Waals surface area contributed by atoms with Gasteiger partial charge in [-0.1, -0.05) is 13.8 Å². The molecule has 0 atom stereocenters. The number of aliphatic hydroxyl groups excluding tert-OH is 1. The van der Waals surface area contributed by atoms with Gasteiger partial charge in [-0.25, -0.2) is 33.3 Å². The van der Waals surface area contributed by atoms with E-state index in [1.807, 2.05) is 6.92 Å². The fourth-order valence-corrected chi connectivity index (χ4v) is 5.22. The van der Waals surface area contributed by atoms with Crippen molar-refractivity contribution in [2.75, 3.05) is 18.2 Å². The lowest BCUT2D eigenvalue weighted by molar-refractivity contribution is 0.278. The zero-order valence-corrected chi connectivity index (χ0v) is 23.3. The third-order valence-corrected chi connectivity index (χ3v) is 8.38. The Labute approximate surface area is 230 Å². The van der Waals surface area contributed by atoms with Crippen LogP contribution in [0.4, 0.5) is 5.82 Å². The molecule has 2 N–H and O–H groups in total. The molecule has 13 nitrogen and oxygen atoms in total. The van der Waals surface area contributed by atoms with Gasteiger partial charge >= 0.3 is 0 Å². The summed E-state index contributed by atoms with van der Waals surface area (Å²) in [6.45, 7) is 3.56. The fraction of sp³-hybridized carbons (Fsp3) is 0.423. The summed E-state index contributed by atoms with van der Waals surface area (Å²) in [5.41, 5.74) is 2.25. The number of hydrogen-bond donors (Lipinski definition) is 2. The third-order valence-electron chi connectivity index (χ3n) is 6.66. The van der Waals surface area contributed by atoms with E-state index in [0.29, 0.717) is 30.1 Å². The number of nitrogens with zero attached hydrogens (tertiary/aromatic N) is 7. The Hall–Kier alpha value is -4.04. The normalized spacial score (nSPS) is 13.5.